The van der Waals surface area contributed by atoms with Crippen molar-refractivity contribution >= 4 is 11.5 Å². The fraction of sp³-hybridized carbons (Fsp3) is 0.643. The summed E-state index contributed by atoms with van der Waals surface area (Å²) in [5, 5.41) is 23.5. The number of hydrogen-bond acceptors (Lipinski definition) is 6. The number of pyridine rings is 1. The van der Waals surface area contributed by atoms with Gasteiger partial charge >= 0.3 is 5.69 Å². The van der Waals surface area contributed by atoms with Crippen LogP contribution in [0.3, 0.4) is 0 Å². The largest absolute Gasteiger partial charge is 0.396 e. The van der Waals surface area contributed by atoms with Gasteiger partial charge in [-0.05, 0) is 37.2 Å². The first-order valence-corrected chi connectivity index (χ1v) is 7.10. The van der Waals surface area contributed by atoms with E-state index < -0.39 is 4.92 Å². The minimum absolute atomic E-state index is 0.0128. The molecule has 0 aliphatic carbocycles. The lowest BCUT2D eigenvalue weighted by atomic mass is 9.77. The van der Waals surface area contributed by atoms with Crippen LogP contribution in [-0.4, -0.2) is 41.4 Å². The number of hydrogen-bond donors (Lipinski definition) is 2. The molecule has 1 aliphatic rings. The van der Waals surface area contributed by atoms with Gasteiger partial charge in [0.05, 0.1) is 4.92 Å². The van der Waals surface area contributed by atoms with Crippen LogP contribution in [-0.2, 0) is 4.74 Å². The van der Waals surface area contributed by atoms with Crippen molar-refractivity contribution in [2.24, 2.45) is 5.41 Å². The van der Waals surface area contributed by atoms with Crippen molar-refractivity contribution in [1.29, 1.82) is 0 Å². The molecule has 0 saturated carbocycles. The van der Waals surface area contributed by atoms with Crippen LogP contribution in [0.15, 0.2) is 12.3 Å². The summed E-state index contributed by atoms with van der Waals surface area (Å²) >= 11 is 0. The van der Waals surface area contributed by atoms with E-state index in [1.807, 2.05) is 0 Å². The first kappa shape index (κ1) is 15.7. The molecule has 2 heterocycles. The van der Waals surface area contributed by atoms with Crippen LogP contribution in [0.4, 0.5) is 11.5 Å². The van der Waals surface area contributed by atoms with E-state index in [0.29, 0.717) is 26.2 Å². The van der Waals surface area contributed by atoms with Gasteiger partial charge in [-0.2, -0.15) is 0 Å². The number of aromatic nitrogens is 1. The van der Waals surface area contributed by atoms with E-state index in [2.05, 4.69) is 10.3 Å². The summed E-state index contributed by atoms with van der Waals surface area (Å²) in [6, 6.07) is 1.51. The number of aliphatic hydroxyl groups is 1. The Morgan fingerprint density at radius 2 is 2.24 bits per heavy atom. The number of nitrogens with zero attached hydrogens (tertiary/aromatic N) is 2. The summed E-state index contributed by atoms with van der Waals surface area (Å²) in [4.78, 5) is 14.8. The molecule has 1 aliphatic heterocycles. The minimum Gasteiger partial charge on any atom is -0.396 e. The smallest absolute Gasteiger partial charge is 0.311 e. The number of rotatable bonds is 6. The van der Waals surface area contributed by atoms with Crippen LogP contribution in [0.2, 0.25) is 0 Å². The zero-order valence-corrected chi connectivity index (χ0v) is 12.2. The minimum atomic E-state index is -0.426. The predicted molar refractivity (Wildman–Crippen MR) is 78.3 cm³/mol. The Balaban J connectivity index is 2.12. The first-order valence-electron chi connectivity index (χ1n) is 7.10. The van der Waals surface area contributed by atoms with Crippen LogP contribution in [0, 0.1) is 22.5 Å². The lowest BCUT2D eigenvalue weighted by Gasteiger charge is -2.37. The topological polar surface area (TPSA) is 97.5 Å². The lowest BCUT2D eigenvalue weighted by Crippen LogP contribution is -2.37. The summed E-state index contributed by atoms with van der Waals surface area (Å²) in [6.45, 7) is 3.74. The van der Waals surface area contributed by atoms with E-state index in [0.717, 1.165) is 18.4 Å². The molecule has 0 bridgehead atoms. The fourth-order valence-electron chi connectivity index (χ4n) is 2.66. The van der Waals surface area contributed by atoms with Crippen molar-refractivity contribution < 1.29 is 14.8 Å². The third-order valence-electron chi connectivity index (χ3n) is 4.03. The highest BCUT2D eigenvalue weighted by molar-refractivity contribution is 5.56. The molecule has 2 N–H and O–H groups in total. The van der Waals surface area contributed by atoms with Crippen LogP contribution >= 0.6 is 0 Å². The molecule has 21 heavy (non-hydrogen) atoms. The number of aryl methyl sites for hydroxylation is 1. The highest BCUT2D eigenvalue weighted by atomic mass is 16.6. The van der Waals surface area contributed by atoms with E-state index in [1.54, 1.807) is 13.1 Å². The number of ether oxygens (including phenoxy) is 1. The van der Waals surface area contributed by atoms with E-state index in [1.165, 1.54) is 6.07 Å². The molecule has 1 fully saturated rings. The van der Waals surface area contributed by atoms with Gasteiger partial charge in [-0.1, -0.05) is 0 Å². The normalized spacial score (nSPS) is 17.4. The fourth-order valence-corrected chi connectivity index (χ4v) is 2.66. The molecule has 7 heteroatoms. The van der Waals surface area contributed by atoms with Gasteiger partial charge in [0.25, 0.3) is 0 Å². The Labute approximate surface area is 123 Å². The van der Waals surface area contributed by atoms with Gasteiger partial charge in [0.15, 0.2) is 0 Å². The van der Waals surface area contributed by atoms with Crippen LogP contribution < -0.4 is 5.32 Å². The summed E-state index contributed by atoms with van der Waals surface area (Å²) < 4.78 is 5.37. The van der Waals surface area contributed by atoms with Gasteiger partial charge < -0.3 is 15.2 Å². The highest BCUT2D eigenvalue weighted by Crippen LogP contribution is 2.35. The molecule has 0 aromatic carbocycles. The third-order valence-corrected chi connectivity index (χ3v) is 4.03. The molecular weight excluding hydrogens is 274 g/mol. The second kappa shape index (κ2) is 6.82. The molecule has 0 unspecified atom stereocenters. The van der Waals surface area contributed by atoms with Crippen molar-refractivity contribution in [3.05, 3.63) is 27.9 Å². The zero-order chi connectivity index (χ0) is 15.3. The van der Waals surface area contributed by atoms with E-state index in [-0.39, 0.29) is 23.5 Å². The third kappa shape index (κ3) is 3.89. The molecular formula is C14H21N3O4. The van der Waals surface area contributed by atoms with Gasteiger partial charge in [0, 0.05) is 38.6 Å². The summed E-state index contributed by atoms with van der Waals surface area (Å²) in [6.07, 6.45) is 3.93. The predicted octanol–water partition coefficient (Wildman–Crippen LogP) is 1.89. The standard InChI is InChI=1S/C14H21N3O4/c1-11-8-12(17(19)20)13(15-9-11)16-10-14(2-5-18)3-6-21-7-4-14/h8-9,18H,2-7,10H2,1H3,(H,15,16). The Kier molecular flexibility index (Phi) is 5.08. The molecule has 2 rings (SSSR count). The van der Waals surface area contributed by atoms with Gasteiger partial charge in [0.1, 0.15) is 0 Å². The Morgan fingerprint density at radius 1 is 1.52 bits per heavy atom. The molecule has 0 atom stereocenters. The van der Waals surface area contributed by atoms with Crippen LogP contribution in [0.1, 0.15) is 24.8 Å². The maximum atomic E-state index is 11.1. The van der Waals surface area contributed by atoms with E-state index in [4.69, 9.17) is 4.74 Å². The maximum absolute atomic E-state index is 11.1. The summed E-state index contributed by atoms with van der Waals surface area (Å²) in [5.74, 6) is 0.286. The molecule has 1 aromatic heterocycles. The summed E-state index contributed by atoms with van der Waals surface area (Å²) in [5.41, 5.74) is 0.651. The Hall–Kier alpha value is -1.73. The number of nitro groups is 1. The van der Waals surface area contributed by atoms with E-state index >= 15 is 0 Å². The van der Waals surface area contributed by atoms with Crippen molar-refractivity contribution in [1.82, 2.24) is 4.98 Å². The summed E-state index contributed by atoms with van der Waals surface area (Å²) in [7, 11) is 0. The quantitative estimate of drug-likeness (QED) is 0.614. The van der Waals surface area contributed by atoms with Gasteiger partial charge in [-0.15, -0.1) is 0 Å². The van der Waals surface area contributed by atoms with Crippen molar-refractivity contribution in [2.45, 2.75) is 26.2 Å². The van der Waals surface area contributed by atoms with Crippen LogP contribution in [0.5, 0.6) is 0 Å². The lowest BCUT2D eigenvalue weighted by molar-refractivity contribution is -0.384. The van der Waals surface area contributed by atoms with Gasteiger partial charge in [0.2, 0.25) is 5.82 Å². The molecule has 7 nitrogen and oxygen atoms in total. The van der Waals surface area contributed by atoms with Crippen molar-refractivity contribution in [3.63, 3.8) is 0 Å². The number of nitrogens with one attached hydrogen (secondary N) is 1. The van der Waals surface area contributed by atoms with E-state index in [9.17, 15) is 15.2 Å². The molecule has 1 aromatic rings. The Bertz CT molecular complexity index is 495. The van der Waals surface area contributed by atoms with Crippen LogP contribution in [0.25, 0.3) is 0 Å². The number of aliphatic hydroxyl groups excluding tert-OH is 1. The molecule has 0 amide bonds. The highest BCUT2D eigenvalue weighted by Gasteiger charge is 2.32. The van der Waals surface area contributed by atoms with Crippen molar-refractivity contribution in [3.8, 4) is 0 Å². The average molecular weight is 295 g/mol. The monoisotopic (exact) mass is 295 g/mol. The number of anilines is 1. The molecule has 1 saturated heterocycles. The molecule has 0 spiro atoms. The molecule has 0 radical (unpaired) electrons. The van der Waals surface area contributed by atoms with Crippen molar-refractivity contribution in [2.75, 3.05) is 31.7 Å². The maximum Gasteiger partial charge on any atom is 0.311 e. The average Bonchev–Trinajstić information content (AvgIpc) is 2.47. The SMILES string of the molecule is Cc1cnc(NCC2(CCO)CCOCC2)c([N+](=O)[O-])c1. The molecule has 116 valence electrons. The first-order chi connectivity index (χ1) is 10.1. The Morgan fingerprint density at radius 3 is 2.86 bits per heavy atom. The second-order valence-electron chi connectivity index (χ2n) is 5.58. The zero-order valence-electron chi connectivity index (χ0n) is 12.2. The van der Waals surface area contributed by atoms with Gasteiger partial charge in [-0.25, -0.2) is 4.98 Å². The van der Waals surface area contributed by atoms with Gasteiger partial charge in [-0.3, -0.25) is 10.1 Å². The second-order valence-corrected chi connectivity index (χ2v) is 5.58.